The van der Waals surface area contributed by atoms with Crippen molar-refractivity contribution in [2.45, 2.75) is 122 Å². The Kier molecular flexibility index (Phi) is 8.20. The van der Waals surface area contributed by atoms with Crippen molar-refractivity contribution in [1.82, 2.24) is 0 Å². The predicted octanol–water partition coefficient (Wildman–Crippen LogP) is 3.07. The van der Waals surface area contributed by atoms with E-state index >= 15 is 0 Å². The normalized spacial score (nSPS) is 50.9. The largest absolute Gasteiger partial charge is 0.543 e. The minimum Gasteiger partial charge on any atom is -0.543 e. The molecule has 0 heterocycles. The highest BCUT2D eigenvalue weighted by Gasteiger charge is 2.77. The quantitative estimate of drug-likeness (QED) is 0.362. The monoisotopic (exact) mass is 588 g/mol. The van der Waals surface area contributed by atoms with Gasteiger partial charge in [0.05, 0.1) is 38.7 Å². The molecule has 0 aliphatic heterocycles. The summed E-state index contributed by atoms with van der Waals surface area (Å²) in [5.74, 6) is -1.39. The molecule has 14 heteroatoms. The van der Waals surface area contributed by atoms with Gasteiger partial charge in [-0.25, -0.2) is 0 Å². The standard InChI is InChI=1S/C30H39B7O7/c1-23(2)9-12-28(22(39)44-37)13-10-25(4)18(30(28,32)20(23)42-35)8-7-17-24(25,3)11-14-29(31)26(17,5)15-16(40-33)19(41-34)27(29,6)21(38)43-36/h8,16-17,19-20H,7,9-15H2,1-6H3/t16-,17?,19+,20-,24-,25-,26-,27+,28-,29+,30+/m1/s1. The SMILES string of the molecule is [B]OC(=O)[C@]12CCC(C)(C)[C@@H](O[B])[C@@]1([B])C1=CCC3[C@@]4(C)C[C@@H](O[B])[C@H](O[B])[C@@](C)(C(=O)O[B])[C@]4([B])CC[C@@]3(C)[C@]1(C)CC2. The van der Waals surface area contributed by atoms with Gasteiger partial charge in [-0.1, -0.05) is 52.7 Å². The van der Waals surface area contributed by atoms with E-state index in [2.05, 4.69) is 40.7 Å². The van der Waals surface area contributed by atoms with E-state index in [9.17, 15) is 9.59 Å². The van der Waals surface area contributed by atoms with Crippen LogP contribution in [0.5, 0.6) is 0 Å². The van der Waals surface area contributed by atoms with E-state index in [0.717, 1.165) is 5.57 Å². The van der Waals surface area contributed by atoms with Gasteiger partial charge >= 0.3 is 16.1 Å². The zero-order valence-corrected chi connectivity index (χ0v) is 26.9. The Bertz CT molecular complexity index is 1250. The van der Waals surface area contributed by atoms with Crippen molar-refractivity contribution in [3.8, 4) is 0 Å². The van der Waals surface area contributed by atoms with E-state index in [-0.39, 0.29) is 5.92 Å². The second kappa shape index (κ2) is 10.5. The lowest BCUT2D eigenvalue weighted by molar-refractivity contribution is -0.224. The van der Waals surface area contributed by atoms with Gasteiger partial charge in [-0.05, 0) is 90.1 Å². The van der Waals surface area contributed by atoms with E-state index in [1.54, 1.807) is 6.92 Å². The Balaban J connectivity index is 1.73. The second-order valence-corrected chi connectivity index (χ2v) is 15.9. The molecule has 4 fully saturated rings. The van der Waals surface area contributed by atoms with Crippen molar-refractivity contribution < 1.29 is 32.9 Å². The molecule has 11 atom stereocenters. The maximum Gasteiger partial charge on any atom is 0.378 e. The van der Waals surface area contributed by atoms with Gasteiger partial charge in [0.1, 0.15) is 0 Å². The number of rotatable bonds is 5. The van der Waals surface area contributed by atoms with Gasteiger partial charge in [0.25, 0.3) is 36.1 Å². The van der Waals surface area contributed by atoms with Crippen LogP contribution in [0.25, 0.3) is 0 Å². The van der Waals surface area contributed by atoms with Gasteiger partial charge in [-0.15, -0.1) is 0 Å². The Morgan fingerprint density at radius 3 is 1.91 bits per heavy atom. The smallest absolute Gasteiger partial charge is 0.378 e. The maximum absolute atomic E-state index is 13.6. The molecule has 14 radical (unpaired) electrons. The fraction of sp³-hybridized carbons (Fsp3) is 0.867. The number of fused-ring (bicyclic) bond motifs is 7. The predicted molar refractivity (Wildman–Crippen MR) is 170 cm³/mol. The number of carbonyl (C=O) groups is 2. The lowest BCUT2D eigenvalue weighted by Crippen LogP contribution is -2.72. The summed E-state index contributed by atoms with van der Waals surface area (Å²) in [5, 5.41) is -2.47. The van der Waals surface area contributed by atoms with Crippen molar-refractivity contribution in [3.05, 3.63) is 11.6 Å². The van der Waals surface area contributed by atoms with Crippen LogP contribution in [-0.4, -0.2) is 86.2 Å². The third-order valence-corrected chi connectivity index (χ3v) is 14.6. The second-order valence-electron chi connectivity index (χ2n) is 15.9. The van der Waals surface area contributed by atoms with Gasteiger partial charge in [-0.2, -0.15) is 0 Å². The molecule has 5 rings (SSSR count). The zero-order valence-electron chi connectivity index (χ0n) is 26.9. The van der Waals surface area contributed by atoms with E-state index in [4.69, 9.17) is 79.2 Å². The molecule has 0 spiro atoms. The van der Waals surface area contributed by atoms with E-state index in [1.165, 1.54) is 0 Å². The molecule has 0 aromatic rings. The average molecular weight is 587 g/mol. The van der Waals surface area contributed by atoms with Crippen LogP contribution in [0.15, 0.2) is 11.6 Å². The first-order chi connectivity index (χ1) is 20.4. The highest BCUT2D eigenvalue weighted by atomic mass is 16.5. The summed E-state index contributed by atoms with van der Waals surface area (Å²) in [6.45, 7) is 12.4. The molecule has 1 unspecified atom stereocenters. The van der Waals surface area contributed by atoms with Crippen LogP contribution in [0.1, 0.15) is 92.9 Å². The van der Waals surface area contributed by atoms with Gasteiger partial charge in [0, 0.05) is 6.10 Å². The summed E-state index contributed by atoms with van der Waals surface area (Å²) in [5.41, 5.74) is -3.81. The average Bonchev–Trinajstić information content (AvgIpc) is 2.98. The molecule has 0 amide bonds. The van der Waals surface area contributed by atoms with Crippen LogP contribution < -0.4 is 0 Å². The highest BCUT2D eigenvalue weighted by Crippen LogP contribution is 2.83. The first kappa shape index (κ1) is 34.4. The third kappa shape index (κ3) is 3.66. The van der Waals surface area contributed by atoms with E-state index < -0.39 is 73.4 Å². The molecule has 0 aromatic carbocycles. The molecule has 222 valence electrons. The van der Waals surface area contributed by atoms with Crippen LogP contribution in [0.4, 0.5) is 0 Å². The van der Waals surface area contributed by atoms with Gasteiger partial charge in [0.2, 0.25) is 0 Å². The highest BCUT2D eigenvalue weighted by molar-refractivity contribution is 6.23. The van der Waals surface area contributed by atoms with Crippen LogP contribution in [0, 0.1) is 38.4 Å². The van der Waals surface area contributed by atoms with E-state index in [0.29, 0.717) is 51.4 Å². The lowest BCUT2D eigenvalue weighted by atomic mass is 9.23. The molecule has 5 aliphatic rings. The van der Waals surface area contributed by atoms with E-state index in [1.807, 2.05) is 0 Å². The first-order valence-corrected chi connectivity index (χ1v) is 15.5. The first-order valence-electron chi connectivity index (χ1n) is 15.5. The molecule has 0 saturated heterocycles. The fourth-order valence-electron chi connectivity index (χ4n) is 11.7. The molecule has 0 N–H and O–H groups in total. The summed E-state index contributed by atoms with van der Waals surface area (Å²) in [7, 11) is 43.8. The van der Waals surface area contributed by atoms with Crippen molar-refractivity contribution in [1.29, 1.82) is 0 Å². The molecule has 4 saturated carbocycles. The molecular weight excluding hydrogens is 548 g/mol. The van der Waals surface area contributed by atoms with Crippen LogP contribution >= 0.6 is 0 Å². The summed E-state index contributed by atoms with van der Waals surface area (Å²) in [4.78, 5) is 27.2. The van der Waals surface area contributed by atoms with Crippen LogP contribution in [0.2, 0.25) is 10.6 Å². The molecule has 7 nitrogen and oxygen atoms in total. The number of carbonyl (C=O) groups excluding carboxylic acids is 2. The molecule has 5 aliphatic carbocycles. The molecular formula is C30H39B7O7. The van der Waals surface area contributed by atoms with Crippen LogP contribution in [-0.2, 0) is 32.9 Å². The third-order valence-electron chi connectivity index (χ3n) is 14.6. The number of hydrogen-bond acceptors (Lipinski definition) is 7. The summed E-state index contributed by atoms with van der Waals surface area (Å²) >= 11 is 0. The number of hydrogen-bond donors (Lipinski definition) is 0. The summed E-state index contributed by atoms with van der Waals surface area (Å²) < 4.78 is 26.4. The lowest BCUT2D eigenvalue weighted by Gasteiger charge is -2.77. The molecule has 0 aromatic heterocycles. The minimum atomic E-state index is -1.49. The zero-order chi connectivity index (χ0) is 32.9. The van der Waals surface area contributed by atoms with Crippen molar-refractivity contribution in [2.24, 2.45) is 38.4 Å². The fourth-order valence-corrected chi connectivity index (χ4v) is 11.7. The Labute approximate surface area is 272 Å². The molecule has 44 heavy (non-hydrogen) atoms. The van der Waals surface area contributed by atoms with Crippen molar-refractivity contribution in [3.63, 3.8) is 0 Å². The minimum absolute atomic E-state index is 0.0878. The summed E-state index contributed by atoms with van der Waals surface area (Å²) in [6.07, 6.45) is 3.83. The van der Waals surface area contributed by atoms with Gasteiger partial charge in [0.15, 0.2) is 0 Å². The van der Waals surface area contributed by atoms with Gasteiger partial charge < -0.3 is 23.3 Å². The maximum atomic E-state index is 13.6. The van der Waals surface area contributed by atoms with Crippen molar-refractivity contribution in [2.75, 3.05) is 0 Å². The summed E-state index contributed by atoms with van der Waals surface area (Å²) in [6, 6.07) is 0. The Morgan fingerprint density at radius 1 is 0.750 bits per heavy atom. The van der Waals surface area contributed by atoms with Crippen LogP contribution in [0.3, 0.4) is 0 Å². The van der Waals surface area contributed by atoms with Crippen molar-refractivity contribution >= 4 is 67.9 Å². The molecule has 0 bridgehead atoms. The topological polar surface area (TPSA) is 80.3 Å². The Morgan fingerprint density at radius 2 is 1.36 bits per heavy atom. The number of allylic oxidation sites excluding steroid dienone is 1. The Hall–Kier alpha value is -0.985. The van der Waals surface area contributed by atoms with Gasteiger partial charge in [-0.3, -0.25) is 9.59 Å².